The van der Waals surface area contributed by atoms with Crippen LogP contribution < -0.4 is 10.5 Å². The van der Waals surface area contributed by atoms with Gasteiger partial charge >= 0.3 is 5.97 Å². The maximum Gasteiger partial charge on any atom is 0.305 e. The normalized spacial score (nSPS) is 11.8. The summed E-state index contributed by atoms with van der Waals surface area (Å²) in [5.74, 6) is 0.349. The third-order valence-corrected chi connectivity index (χ3v) is 2.68. The molecule has 2 aromatic carbocycles. The fourth-order valence-corrected chi connectivity index (χ4v) is 1.79. The fraction of sp³-hybridized carbons (Fsp3) is 0.133. The van der Waals surface area contributed by atoms with E-state index in [0.717, 1.165) is 0 Å². The van der Waals surface area contributed by atoms with Crippen LogP contribution in [0, 0.1) is 0 Å². The average Bonchev–Trinajstić information content (AvgIpc) is 2.39. The van der Waals surface area contributed by atoms with Gasteiger partial charge in [0.05, 0.1) is 6.42 Å². The lowest BCUT2D eigenvalue weighted by molar-refractivity contribution is -0.137. The second-order valence-electron chi connectivity index (χ2n) is 4.16. The summed E-state index contributed by atoms with van der Waals surface area (Å²) in [5.41, 5.74) is 6.58. The molecule has 0 aliphatic rings. The molecule has 4 nitrogen and oxygen atoms in total. The van der Waals surface area contributed by atoms with E-state index in [1.807, 2.05) is 42.5 Å². The van der Waals surface area contributed by atoms with Crippen molar-refractivity contribution in [2.24, 2.45) is 5.73 Å². The van der Waals surface area contributed by atoms with Crippen molar-refractivity contribution in [1.29, 1.82) is 0 Å². The van der Waals surface area contributed by atoms with Gasteiger partial charge in [-0.1, -0.05) is 36.4 Å². The number of hydrogen-bond donors (Lipinski definition) is 2. The van der Waals surface area contributed by atoms with Gasteiger partial charge in [-0.3, -0.25) is 4.79 Å². The average molecular weight is 257 g/mol. The number of carboxylic acids is 1. The summed E-state index contributed by atoms with van der Waals surface area (Å²) < 4.78 is 5.74. The first kappa shape index (κ1) is 13.1. The van der Waals surface area contributed by atoms with E-state index in [9.17, 15) is 4.79 Å². The minimum atomic E-state index is -0.929. The molecule has 0 aromatic heterocycles. The van der Waals surface area contributed by atoms with Crippen LogP contribution in [-0.4, -0.2) is 11.1 Å². The van der Waals surface area contributed by atoms with Crippen LogP contribution in [-0.2, 0) is 4.79 Å². The number of carboxylic acid groups (broad SMARTS) is 1. The summed E-state index contributed by atoms with van der Waals surface area (Å²) >= 11 is 0. The summed E-state index contributed by atoms with van der Waals surface area (Å²) in [6, 6.07) is 15.9. The number of benzene rings is 2. The zero-order valence-electron chi connectivity index (χ0n) is 10.3. The Balaban J connectivity index is 2.23. The zero-order valence-corrected chi connectivity index (χ0v) is 10.3. The topological polar surface area (TPSA) is 72.6 Å². The van der Waals surface area contributed by atoms with Crippen molar-refractivity contribution in [2.75, 3.05) is 0 Å². The molecule has 0 saturated heterocycles. The highest BCUT2D eigenvalue weighted by Gasteiger charge is 2.15. The van der Waals surface area contributed by atoms with Gasteiger partial charge in [0.1, 0.15) is 11.5 Å². The monoisotopic (exact) mass is 257 g/mol. The highest BCUT2D eigenvalue weighted by atomic mass is 16.5. The van der Waals surface area contributed by atoms with Crippen molar-refractivity contribution in [1.82, 2.24) is 0 Å². The Morgan fingerprint density at radius 2 is 1.74 bits per heavy atom. The summed E-state index contributed by atoms with van der Waals surface area (Å²) in [7, 11) is 0. The Bertz CT molecular complexity index is 554. The second-order valence-corrected chi connectivity index (χ2v) is 4.16. The SMILES string of the molecule is N[C@H](CC(=O)O)c1ccccc1Oc1ccccc1. The van der Waals surface area contributed by atoms with Crippen molar-refractivity contribution in [3.63, 3.8) is 0 Å². The molecule has 0 spiro atoms. The third kappa shape index (κ3) is 3.56. The third-order valence-electron chi connectivity index (χ3n) is 2.68. The van der Waals surface area contributed by atoms with E-state index >= 15 is 0 Å². The van der Waals surface area contributed by atoms with Gasteiger partial charge in [-0.25, -0.2) is 0 Å². The molecule has 2 aromatic rings. The largest absolute Gasteiger partial charge is 0.481 e. The predicted octanol–water partition coefficient (Wildman–Crippen LogP) is 2.95. The number of rotatable bonds is 5. The van der Waals surface area contributed by atoms with Gasteiger partial charge in [-0.15, -0.1) is 0 Å². The minimum Gasteiger partial charge on any atom is -0.481 e. The Labute approximate surface area is 111 Å². The van der Waals surface area contributed by atoms with Crippen LogP contribution in [0.1, 0.15) is 18.0 Å². The Hall–Kier alpha value is -2.33. The van der Waals surface area contributed by atoms with Gasteiger partial charge in [-0.2, -0.15) is 0 Å². The molecule has 0 radical (unpaired) electrons. The Kier molecular flexibility index (Phi) is 4.15. The molecule has 1 atom stereocenters. The van der Waals surface area contributed by atoms with Crippen LogP contribution in [0.15, 0.2) is 54.6 Å². The van der Waals surface area contributed by atoms with Crippen molar-refractivity contribution in [3.8, 4) is 11.5 Å². The van der Waals surface area contributed by atoms with Crippen LogP contribution in [0.2, 0.25) is 0 Å². The van der Waals surface area contributed by atoms with E-state index in [1.54, 1.807) is 12.1 Å². The molecule has 2 rings (SSSR count). The molecule has 0 aliphatic heterocycles. The molecular formula is C15H15NO3. The molecule has 0 bridgehead atoms. The summed E-state index contributed by atoms with van der Waals surface area (Å²) in [6.45, 7) is 0. The van der Waals surface area contributed by atoms with Gasteiger partial charge in [-0.05, 0) is 18.2 Å². The number of aliphatic carboxylic acids is 1. The van der Waals surface area contributed by atoms with Gasteiger partial charge < -0.3 is 15.6 Å². The molecular weight excluding hydrogens is 242 g/mol. The highest BCUT2D eigenvalue weighted by molar-refractivity contribution is 5.68. The molecule has 4 heteroatoms. The predicted molar refractivity (Wildman–Crippen MR) is 72.1 cm³/mol. The number of hydrogen-bond acceptors (Lipinski definition) is 3. The van der Waals surface area contributed by atoms with Crippen molar-refractivity contribution in [3.05, 3.63) is 60.2 Å². The molecule has 0 heterocycles. The molecule has 3 N–H and O–H groups in total. The first-order valence-corrected chi connectivity index (χ1v) is 5.96. The number of para-hydroxylation sites is 2. The van der Waals surface area contributed by atoms with E-state index in [2.05, 4.69) is 0 Å². The molecule has 0 unspecified atom stereocenters. The summed E-state index contributed by atoms with van der Waals surface area (Å²) in [4.78, 5) is 10.7. The van der Waals surface area contributed by atoms with Crippen LogP contribution in [0.25, 0.3) is 0 Å². The number of nitrogens with two attached hydrogens (primary N) is 1. The maximum absolute atomic E-state index is 10.7. The summed E-state index contributed by atoms with van der Waals surface area (Å²) in [6.07, 6.45) is -0.130. The van der Waals surface area contributed by atoms with Gasteiger partial charge in [0, 0.05) is 11.6 Å². The van der Waals surface area contributed by atoms with Crippen molar-refractivity contribution >= 4 is 5.97 Å². The Morgan fingerprint density at radius 3 is 2.42 bits per heavy atom. The van der Waals surface area contributed by atoms with E-state index < -0.39 is 12.0 Å². The number of ether oxygens (including phenoxy) is 1. The molecule has 19 heavy (non-hydrogen) atoms. The number of carbonyl (C=O) groups is 1. The Morgan fingerprint density at radius 1 is 1.11 bits per heavy atom. The molecule has 0 amide bonds. The van der Waals surface area contributed by atoms with E-state index in [0.29, 0.717) is 17.1 Å². The lowest BCUT2D eigenvalue weighted by atomic mass is 10.0. The fourth-order valence-electron chi connectivity index (χ4n) is 1.79. The zero-order chi connectivity index (χ0) is 13.7. The maximum atomic E-state index is 10.7. The van der Waals surface area contributed by atoms with E-state index in [4.69, 9.17) is 15.6 Å². The van der Waals surface area contributed by atoms with Gasteiger partial charge in [0.25, 0.3) is 0 Å². The van der Waals surface area contributed by atoms with Crippen LogP contribution in [0.4, 0.5) is 0 Å². The summed E-state index contributed by atoms with van der Waals surface area (Å²) in [5, 5.41) is 8.81. The molecule has 0 fully saturated rings. The van der Waals surface area contributed by atoms with Crippen molar-refractivity contribution < 1.29 is 14.6 Å². The molecule has 0 saturated carbocycles. The van der Waals surface area contributed by atoms with E-state index in [1.165, 1.54) is 0 Å². The first-order valence-electron chi connectivity index (χ1n) is 5.96. The minimum absolute atomic E-state index is 0.130. The molecule has 0 aliphatic carbocycles. The smallest absolute Gasteiger partial charge is 0.305 e. The van der Waals surface area contributed by atoms with Crippen molar-refractivity contribution in [2.45, 2.75) is 12.5 Å². The lowest BCUT2D eigenvalue weighted by Gasteiger charge is -2.15. The van der Waals surface area contributed by atoms with E-state index in [-0.39, 0.29) is 6.42 Å². The highest BCUT2D eigenvalue weighted by Crippen LogP contribution is 2.29. The standard InChI is InChI=1S/C15H15NO3/c16-13(10-15(17)18)12-8-4-5-9-14(12)19-11-6-2-1-3-7-11/h1-9,13H,10,16H2,(H,17,18)/t13-/m1/s1. The van der Waals surface area contributed by atoms with Gasteiger partial charge in [0.2, 0.25) is 0 Å². The first-order chi connectivity index (χ1) is 9.16. The quantitative estimate of drug-likeness (QED) is 0.863. The van der Waals surface area contributed by atoms with Crippen LogP contribution >= 0.6 is 0 Å². The van der Waals surface area contributed by atoms with Crippen LogP contribution in [0.3, 0.4) is 0 Å². The second kappa shape index (κ2) is 6.02. The lowest BCUT2D eigenvalue weighted by Crippen LogP contribution is -2.15. The van der Waals surface area contributed by atoms with Gasteiger partial charge in [0.15, 0.2) is 0 Å². The molecule has 98 valence electrons. The van der Waals surface area contributed by atoms with Crippen LogP contribution in [0.5, 0.6) is 11.5 Å².